The number of nitrogens with zero attached hydrogens (tertiary/aromatic N) is 3. The van der Waals surface area contributed by atoms with E-state index in [0.717, 1.165) is 59.7 Å². The van der Waals surface area contributed by atoms with Crippen molar-refractivity contribution in [3.8, 4) is 11.3 Å². The highest BCUT2D eigenvalue weighted by atomic mass is 16.6. The predicted octanol–water partition coefficient (Wildman–Crippen LogP) is 4.14. The molecule has 0 atom stereocenters. The van der Waals surface area contributed by atoms with Crippen LogP contribution in [0, 0.1) is 0 Å². The average molecular weight is 463 g/mol. The summed E-state index contributed by atoms with van der Waals surface area (Å²) in [7, 11) is 0. The Morgan fingerprint density at radius 1 is 1.12 bits per heavy atom. The van der Waals surface area contributed by atoms with Crippen molar-refractivity contribution >= 4 is 29.2 Å². The third-order valence-electron chi connectivity index (χ3n) is 6.19. The first-order valence-electron chi connectivity index (χ1n) is 11.8. The van der Waals surface area contributed by atoms with Crippen LogP contribution in [0.2, 0.25) is 0 Å². The molecule has 9 heteroatoms. The van der Waals surface area contributed by atoms with E-state index in [2.05, 4.69) is 20.9 Å². The number of carbonyl (C=O) groups is 2. The maximum absolute atomic E-state index is 12.0. The number of fused-ring (bicyclic) bond motifs is 2. The number of aromatic nitrogens is 3. The Morgan fingerprint density at radius 2 is 1.88 bits per heavy atom. The molecule has 3 N–H and O–H groups in total. The van der Waals surface area contributed by atoms with Gasteiger partial charge in [-0.1, -0.05) is 12.1 Å². The van der Waals surface area contributed by atoms with Gasteiger partial charge in [-0.15, -0.1) is 5.10 Å². The van der Waals surface area contributed by atoms with Crippen LogP contribution >= 0.6 is 0 Å². The molecule has 2 amide bonds. The standard InChI is InChI=1S/C25H30N6O3/c1-25(2,3)34-24(33)28-18-8-6-17(7-9-18)27-21-10-11-22-26-14-20(31(22)30-21)16-5-4-15-13-23(32)29-19(15)12-16/h4-5,10-12,14,17-18H,6-9,13H2,1-3H3,(H,27,30)(H,28,33)(H,29,32)/t17-,18-. The molecular weight excluding hydrogens is 432 g/mol. The molecule has 178 valence electrons. The van der Waals surface area contributed by atoms with Gasteiger partial charge >= 0.3 is 6.09 Å². The van der Waals surface area contributed by atoms with E-state index >= 15 is 0 Å². The van der Waals surface area contributed by atoms with Gasteiger partial charge in [-0.2, -0.15) is 0 Å². The summed E-state index contributed by atoms with van der Waals surface area (Å²) in [5.41, 5.74) is 3.95. The highest BCUT2D eigenvalue weighted by Crippen LogP contribution is 2.30. The normalized spacial score (nSPS) is 20.0. The Morgan fingerprint density at radius 3 is 2.65 bits per heavy atom. The summed E-state index contributed by atoms with van der Waals surface area (Å²) in [4.78, 5) is 28.2. The van der Waals surface area contributed by atoms with Gasteiger partial charge in [0.2, 0.25) is 5.91 Å². The van der Waals surface area contributed by atoms with E-state index in [9.17, 15) is 9.59 Å². The van der Waals surface area contributed by atoms with Gasteiger partial charge in [0.25, 0.3) is 0 Å². The second-order valence-electron chi connectivity index (χ2n) is 10.1. The first kappa shape index (κ1) is 22.2. The molecule has 1 aromatic carbocycles. The van der Waals surface area contributed by atoms with Gasteiger partial charge in [0.05, 0.1) is 18.3 Å². The van der Waals surface area contributed by atoms with Crippen LogP contribution in [0.1, 0.15) is 52.0 Å². The van der Waals surface area contributed by atoms with Crippen molar-refractivity contribution in [1.82, 2.24) is 19.9 Å². The quantitative estimate of drug-likeness (QED) is 0.538. The molecule has 0 saturated heterocycles. The van der Waals surface area contributed by atoms with Crippen LogP contribution < -0.4 is 16.0 Å². The molecular formula is C25H30N6O3. The van der Waals surface area contributed by atoms with Crippen molar-refractivity contribution in [3.63, 3.8) is 0 Å². The molecule has 0 unspecified atom stereocenters. The summed E-state index contributed by atoms with van der Waals surface area (Å²) in [6.45, 7) is 5.60. The highest BCUT2D eigenvalue weighted by Gasteiger charge is 2.25. The topological polar surface area (TPSA) is 110 Å². The Labute approximate surface area is 198 Å². The number of hydrogen-bond acceptors (Lipinski definition) is 6. The molecule has 0 radical (unpaired) electrons. The minimum Gasteiger partial charge on any atom is -0.444 e. The maximum Gasteiger partial charge on any atom is 0.407 e. The molecule has 1 aliphatic heterocycles. The molecule has 0 bridgehead atoms. The molecule has 2 aliphatic rings. The zero-order valence-electron chi connectivity index (χ0n) is 19.7. The molecule has 1 fully saturated rings. The molecule has 3 aromatic rings. The van der Waals surface area contributed by atoms with E-state index in [4.69, 9.17) is 9.84 Å². The van der Waals surface area contributed by atoms with Crippen molar-refractivity contribution in [1.29, 1.82) is 0 Å². The second kappa shape index (κ2) is 8.62. The molecule has 2 aromatic heterocycles. The minimum atomic E-state index is -0.493. The fourth-order valence-corrected chi connectivity index (χ4v) is 4.59. The SMILES string of the molecule is CC(C)(C)OC(=O)N[C@H]1CC[C@H](Nc2ccc3ncc(-c4ccc5c(c4)NC(=O)C5)n3n2)CC1. The van der Waals surface area contributed by atoms with E-state index < -0.39 is 5.60 Å². The Kier molecular flexibility index (Phi) is 5.63. The first-order chi connectivity index (χ1) is 16.2. The zero-order chi connectivity index (χ0) is 23.9. The molecule has 1 saturated carbocycles. The fourth-order valence-electron chi connectivity index (χ4n) is 4.59. The van der Waals surface area contributed by atoms with Crippen molar-refractivity contribution in [2.24, 2.45) is 0 Å². The van der Waals surface area contributed by atoms with Crippen molar-refractivity contribution < 1.29 is 14.3 Å². The summed E-state index contributed by atoms with van der Waals surface area (Å²) in [5.74, 6) is 0.802. The number of benzene rings is 1. The Bertz CT molecular complexity index is 1240. The lowest BCUT2D eigenvalue weighted by Gasteiger charge is -2.30. The third-order valence-corrected chi connectivity index (χ3v) is 6.19. The van der Waals surface area contributed by atoms with E-state index in [1.54, 1.807) is 6.20 Å². The molecule has 34 heavy (non-hydrogen) atoms. The largest absolute Gasteiger partial charge is 0.444 e. The molecule has 3 heterocycles. The first-order valence-corrected chi connectivity index (χ1v) is 11.8. The Balaban J connectivity index is 1.24. The van der Waals surface area contributed by atoms with E-state index in [1.807, 2.05) is 55.6 Å². The maximum atomic E-state index is 12.0. The lowest BCUT2D eigenvalue weighted by Crippen LogP contribution is -2.42. The van der Waals surface area contributed by atoms with Crippen LogP contribution in [0.5, 0.6) is 0 Å². The van der Waals surface area contributed by atoms with Crippen LogP contribution in [-0.2, 0) is 16.0 Å². The monoisotopic (exact) mass is 462 g/mol. The highest BCUT2D eigenvalue weighted by molar-refractivity contribution is 5.99. The number of nitrogens with one attached hydrogen (secondary N) is 3. The lowest BCUT2D eigenvalue weighted by atomic mass is 9.91. The van der Waals surface area contributed by atoms with Crippen LogP contribution in [0.15, 0.2) is 36.5 Å². The van der Waals surface area contributed by atoms with Gasteiger partial charge in [0.1, 0.15) is 11.4 Å². The molecule has 9 nitrogen and oxygen atoms in total. The van der Waals surface area contributed by atoms with E-state index in [1.165, 1.54) is 0 Å². The number of hydrogen-bond donors (Lipinski definition) is 3. The lowest BCUT2D eigenvalue weighted by molar-refractivity contribution is -0.115. The van der Waals surface area contributed by atoms with Gasteiger partial charge in [-0.25, -0.2) is 14.3 Å². The van der Waals surface area contributed by atoms with Gasteiger partial charge in [-0.3, -0.25) is 4.79 Å². The predicted molar refractivity (Wildman–Crippen MR) is 130 cm³/mol. The van der Waals surface area contributed by atoms with Crippen LogP contribution in [0.4, 0.5) is 16.3 Å². The van der Waals surface area contributed by atoms with Gasteiger partial charge in [-0.05, 0) is 70.2 Å². The zero-order valence-corrected chi connectivity index (χ0v) is 19.7. The number of carbonyl (C=O) groups excluding carboxylic acids is 2. The van der Waals surface area contributed by atoms with Gasteiger partial charge < -0.3 is 20.7 Å². The average Bonchev–Trinajstić information content (AvgIpc) is 3.35. The van der Waals surface area contributed by atoms with Crippen molar-refractivity contribution in [2.45, 2.75) is 70.6 Å². The van der Waals surface area contributed by atoms with Gasteiger partial charge in [0, 0.05) is 23.3 Å². The van der Waals surface area contributed by atoms with E-state index in [-0.39, 0.29) is 24.1 Å². The van der Waals surface area contributed by atoms with Crippen LogP contribution in [0.25, 0.3) is 16.9 Å². The smallest absolute Gasteiger partial charge is 0.407 e. The minimum absolute atomic E-state index is 0.0194. The molecule has 0 spiro atoms. The number of ether oxygens (including phenoxy) is 1. The van der Waals surface area contributed by atoms with E-state index in [0.29, 0.717) is 6.42 Å². The van der Waals surface area contributed by atoms with Crippen molar-refractivity contribution in [2.75, 3.05) is 10.6 Å². The van der Waals surface area contributed by atoms with Crippen LogP contribution in [-0.4, -0.2) is 44.3 Å². The molecule has 1 aliphatic carbocycles. The summed E-state index contributed by atoms with van der Waals surface area (Å²) in [5, 5.41) is 14.2. The number of rotatable bonds is 4. The second-order valence-corrected chi connectivity index (χ2v) is 10.1. The fraction of sp³-hybridized carbons (Fsp3) is 0.440. The van der Waals surface area contributed by atoms with Crippen LogP contribution in [0.3, 0.4) is 0 Å². The number of anilines is 2. The summed E-state index contributed by atoms with van der Waals surface area (Å²) >= 11 is 0. The summed E-state index contributed by atoms with van der Waals surface area (Å²) < 4.78 is 7.20. The molecule has 5 rings (SSSR count). The third kappa shape index (κ3) is 4.83. The number of alkyl carbamates (subject to hydrolysis) is 1. The number of imidazole rings is 1. The van der Waals surface area contributed by atoms with Gasteiger partial charge in [0.15, 0.2) is 5.65 Å². The van der Waals surface area contributed by atoms with Crippen molar-refractivity contribution in [3.05, 3.63) is 42.1 Å². The Hall–Kier alpha value is -3.62. The summed E-state index contributed by atoms with van der Waals surface area (Å²) in [6.07, 6.45) is 5.51. The summed E-state index contributed by atoms with van der Waals surface area (Å²) in [6, 6.07) is 10.3. The number of amides is 2.